The van der Waals surface area contributed by atoms with Gasteiger partial charge in [-0.05, 0) is 47.7 Å². The number of anilines is 1. The molecule has 0 radical (unpaired) electrons. The number of amides is 1. The fourth-order valence-corrected chi connectivity index (χ4v) is 2.45. The summed E-state index contributed by atoms with van der Waals surface area (Å²) in [6, 6.07) is 8.68. The van der Waals surface area contributed by atoms with E-state index in [1.165, 1.54) is 7.11 Å². The highest BCUT2D eigenvalue weighted by molar-refractivity contribution is 6.04. The molecule has 2 rings (SSSR count). The van der Waals surface area contributed by atoms with E-state index in [4.69, 9.17) is 0 Å². The average molecular weight is 328 g/mol. The monoisotopic (exact) mass is 328 g/mol. The molecule has 1 aromatic heterocycles. The second-order valence-corrected chi connectivity index (χ2v) is 6.39. The summed E-state index contributed by atoms with van der Waals surface area (Å²) in [5.41, 5.74) is 3.71. The summed E-state index contributed by atoms with van der Waals surface area (Å²) in [6.45, 7) is 8.30. The van der Waals surface area contributed by atoms with Crippen molar-refractivity contribution in [2.24, 2.45) is 0 Å². The normalized spacial score (nSPS) is 11.0. The first-order chi connectivity index (χ1) is 11.3. The Morgan fingerprint density at radius 1 is 1.04 bits per heavy atom. The summed E-state index contributed by atoms with van der Waals surface area (Å²) in [6.07, 6.45) is 0. The number of H-pyrrole nitrogens is 1. The standard InChI is InChI=1S/C19H24N2O3/c1-11(2)15-10-16(12(3)4)21-17(15)18(22)20-14-8-6-13(7-9-14)19(23)24-5/h6-12,21H,1-5H3,(H,20,22). The van der Waals surface area contributed by atoms with Crippen LogP contribution in [0.25, 0.3) is 0 Å². The van der Waals surface area contributed by atoms with Crippen molar-refractivity contribution in [1.29, 1.82) is 0 Å². The van der Waals surface area contributed by atoms with Gasteiger partial charge >= 0.3 is 5.97 Å². The highest BCUT2D eigenvalue weighted by Crippen LogP contribution is 2.25. The van der Waals surface area contributed by atoms with Crippen LogP contribution in [0.15, 0.2) is 30.3 Å². The summed E-state index contributed by atoms with van der Waals surface area (Å²) < 4.78 is 4.66. The van der Waals surface area contributed by atoms with Crippen molar-refractivity contribution in [2.75, 3.05) is 12.4 Å². The van der Waals surface area contributed by atoms with E-state index in [2.05, 4.69) is 48.8 Å². The van der Waals surface area contributed by atoms with Crippen LogP contribution in [0.5, 0.6) is 0 Å². The fraction of sp³-hybridized carbons (Fsp3) is 0.368. The predicted molar refractivity (Wildman–Crippen MR) is 94.7 cm³/mol. The molecule has 0 saturated carbocycles. The highest BCUT2D eigenvalue weighted by atomic mass is 16.5. The smallest absolute Gasteiger partial charge is 0.337 e. The number of esters is 1. The van der Waals surface area contributed by atoms with Gasteiger partial charge in [-0.2, -0.15) is 0 Å². The molecule has 0 aliphatic heterocycles. The van der Waals surface area contributed by atoms with E-state index in [1.807, 2.05) is 0 Å². The van der Waals surface area contributed by atoms with Gasteiger partial charge < -0.3 is 15.0 Å². The molecular weight excluding hydrogens is 304 g/mol. The summed E-state index contributed by atoms with van der Waals surface area (Å²) in [7, 11) is 1.34. The van der Waals surface area contributed by atoms with Crippen molar-refractivity contribution in [3.8, 4) is 0 Å². The largest absolute Gasteiger partial charge is 0.465 e. The lowest BCUT2D eigenvalue weighted by molar-refractivity contribution is 0.0600. The summed E-state index contributed by atoms with van der Waals surface area (Å²) >= 11 is 0. The van der Waals surface area contributed by atoms with Crippen molar-refractivity contribution in [3.05, 3.63) is 52.8 Å². The van der Waals surface area contributed by atoms with Gasteiger partial charge in [-0.1, -0.05) is 27.7 Å². The van der Waals surface area contributed by atoms with Crippen LogP contribution < -0.4 is 5.32 Å². The van der Waals surface area contributed by atoms with Gasteiger partial charge in [0, 0.05) is 11.4 Å². The van der Waals surface area contributed by atoms with Crippen molar-refractivity contribution in [2.45, 2.75) is 39.5 Å². The highest BCUT2D eigenvalue weighted by Gasteiger charge is 2.19. The molecule has 5 nitrogen and oxygen atoms in total. The second-order valence-electron chi connectivity index (χ2n) is 6.39. The van der Waals surface area contributed by atoms with E-state index in [1.54, 1.807) is 24.3 Å². The Kier molecular flexibility index (Phi) is 5.44. The quantitative estimate of drug-likeness (QED) is 0.804. The van der Waals surface area contributed by atoms with Crippen molar-refractivity contribution in [3.63, 3.8) is 0 Å². The number of hydrogen-bond donors (Lipinski definition) is 2. The Balaban J connectivity index is 2.22. The molecule has 0 aliphatic carbocycles. The number of rotatable bonds is 5. The zero-order valence-corrected chi connectivity index (χ0v) is 14.8. The number of carbonyl (C=O) groups excluding carboxylic acids is 2. The number of aromatic amines is 1. The lowest BCUT2D eigenvalue weighted by atomic mass is 10.0. The first kappa shape index (κ1) is 17.8. The zero-order valence-electron chi connectivity index (χ0n) is 14.8. The molecule has 0 atom stereocenters. The van der Waals surface area contributed by atoms with Crippen molar-refractivity contribution < 1.29 is 14.3 Å². The Labute approximate surface area is 142 Å². The summed E-state index contributed by atoms with van der Waals surface area (Å²) in [4.78, 5) is 27.3. The molecule has 2 N–H and O–H groups in total. The average Bonchev–Trinajstić information content (AvgIpc) is 3.01. The van der Waals surface area contributed by atoms with E-state index in [0.717, 1.165) is 11.3 Å². The van der Waals surface area contributed by atoms with E-state index < -0.39 is 5.97 Å². The number of carbonyl (C=O) groups is 2. The first-order valence-electron chi connectivity index (χ1n) is 8.06. The van der Waals surface area contributed by atoms with Crippen molar-refractivity contribution >= 4 is 17.6 Å². The lowest BCUT2D eigenvalue weighted by Gasteiger charge is -2.09. The molecule has 0 saturated heterocycles. The number of methoxy groups -OCH3 is 1. The second kappa shape index (κ2) is 7.34. The molecule has 0 aliphatic rings. The van der Waals surface area contributed by atoms with Gasteiger partial charge in [0.15, 0.2) is 0 Å². The molecule has 0 unspecified atom stereocenters. The third kappa shape index (κ3) is 3.85. The van der Waals surface area contributed by atoms with Gasteiger partial charge in [0.2, 0.25) is 0 Å². The van der Waals surface area contributed by atoms with Gasteiger partial charge in [0.05, 0.1) is 12.7 Å². The third-order valence-electron chi connectivity index (χ3n) is 3.90. The molecule has 128 valence electrons. The minimum Gasteiger partial charge on any atom is -0.465 e. The Morgan fingerprint density at radius 2 is 1.67 bits per heavy atom. The number of hydrogen-bond acceptors (Lipinski definition) is 3. The molecule has 1 heterocycles. The Morgan fingerprint density at radius 3 is 2.17 bits per heavy atom. The molecule has 24 heavy (non-hydrogen) atoms. The SMILES string of the molecule is COC(=O)c1ccc(NC(=O)c2[nH]c(C(C)C)cc2C(C)C)cc1. The van der Waals surface area contributed by atoms with Crippen molar-refractivity contribution in [1.82, 2.24) is 4.98 Å². The van der Waals surface area contributed by atoms with Gasteiger partial charge in [0.25, 0.3) is 5.91 Å². The summed E-state index contributed by atoms with van der Waals surface area (Å²) in [5.74, 6) is -0.0167. The number of ether oxygens (including phenoxy) is 1. The lowest BCUT2D eigenvalue weighted by Crippen LogP contribution is -2.15. The maximum atomic E-state index is 12.6. The number of aromatic nitrogens is 1. The molecule has 0 bridgehead atoms. The van der Waals surface area contributed by atoms with Gasteiger partial charge in [-0.15, -0.1) is 0 Å². The third-order valence-corrected chi connectivity index (χ3v) is 3.90. The maximum Gasteiger partial charge on any atom is 0.337 e. The molecular formula is C19H24N2O3. The van der Waals surface area contributed by atoms with Crippen LogP contribution in [0.3, 0.4) is 0 Å². The number of nitrogens with one attached hydrogen (secondary N) is 2. The van der Waals surface area contributed by atoms with E-state index in [0.29, 0.717) is 22.9 Å². The van der Waals surface area contributed by atoms with Crippen LogP contribution >= 0.6 is 0 Å². The van der Waals surface area contributed by atoms with Crippen LogP contribution in [0, 0.1) is 0 Å². The molecule has 0 spiro atoms. The van der Waals surface area contributed by atoms with E-state index in [9.17, 15) is 9.59 Å². The van der Waals surface area contributed by atoms with Gasteiger partial charge in [0.1, 0.15) is 5.69 Å². The molecule has 2 aromatic rings. The fourth-order valence-electron chi connectivity index (χ4n) is 2.45. The van der Waals surface area contributed by atoms with Crippen LogP contribution in [0.1, 0.15) is 71.6 Å². The molecule has 0 fully saturated rings. The Bertz CT molecular complexity index is 728. The molecule has 1 amide bonds. The van der Waals surface area contributed by atoms with Crippen LogP contribution in [0.2, 0.25) is 0 Å². The molecule has 5 heteroatoms. The van der Waals surface area contributed by atoms with Gasteiger partial charge in [-0.3, -0.25) is 4.79 Å². The topological polar surface area (TPSA) is 71.2 Å². The van der Waals surface area contributed by atoms with Gasteiger partial charge in [-0.25, -0.2) is 4.79 Å². The van der Waals surface area contributed by atoms with E-state index in [-0.39, 0.29) is 11.8 Å². The first-order valence-corrected chi connectivity index (χ1v) is 8.06. The maximum absolute atomic E-state index is 12.6. The molecule has 1 aromatic carbocycles. The minimum atomic E-state index is -0.402. The Hall–Kier alpha value is -2.56. The minimum absolute atomic E-state index is 0.184. The summed E-state index contributed by atoms with van der Waals surface area (Å²) in [5, 5.41) is 2.87. The van der Waals surface area contributed by atoms with Crippen LogP contribution in [0.4, 0.5) is 5.69 Å². The number of benzene rings is 1. The van der Waals surface area contributed by atoms with Crippen LogP contribution in [-0.2, 0) is 4.74 Å². The van der Waals surface area contributed by atoms with E-state index >= 15 is 0 Å². The predicted octanol–water partition coefficient (Wildman–Crippen LogP) is 4.30. The zero-order chi connectivity index (χ0) is 17.9. The van der Waals surface area contributed by atoms with Crippen LogP contribution in [-0.4, -0.2) is 24.0 Å².